The molecular weight excluding hydrogens is 445 g/mol. The third-order valence-electron chi connectivity index (χ3n) is 5.56. The molecule has 1 aromatic carbocycles. The highest BCUT2D eigenvalue weighted by molar-refractivity contribution is 7.13. The fraction of sp³-hybridized carbons (Fsp3) is 0.227. The number of thiazole rings is 1. The third kappa shape index (κ3) is 3.85. The van der Waals surface area contributed by atoms with E-state index in [1.807, 2.05) is 7.05 Å². The van der Waals surface area contributed by atoms with Gasteiger partial charge < -0.3 is 15.3 Å². The lowest BCUT2D eigenvalue weighted by Gasteiger charge is -2.21. The summed E-state index contributed by atoms with van der Waals surface area (Å²) in [6.45, 7) is 0.436. The van der Waals surface area contributed by atoms with E-state index >= 15 is 0 Å². The van der Waals surface area contributed by atoms with Crippen molar-refractivity contribution in [2.45, 2.75) is 12.0 Å². The second kappa shape index (κ2) is 8.01. The fourth-order valence-corrected chi connectivity index (χ4v) is 4.54. The summed E-state index contributed by atoms with van der Waals surface area (Å²) in [4.78, 5) is 27.2. The quantitative estimate of drug-likeness (QED) is 0.466. The van der Waals surface area contributed by atoms with E-state index in [1.165, 1.54) is 34.4 Å². The van der Waals surface area contributed by atoms with Gasteiger partial charge in [-0.2, -0.15) is 5.10 Å². The summed E-state index contributed by atoms with van der Waals surface area (Å²) in [6.07, 6.45) is 3.66. The topological polar surface area (TPSA) is 109 Å². The SMILES string of the molecule is CN1CCC(O)(c2ccc(F)c(-c3csc(-c4ccnc(Nc5ccn(C)n5)n4)n3)c2)C1=O. The minimum Gasteiger partial charge on any atom is -0.375 e. The number of likely N-dealkylation sites (tertiary alicyclic amines) is 1. The van der Waals surface area contributed by atoms with E-state index in [1.54, 1.807) is 41.6 Å². The van der Waals surface area contributed by atoms with Crippen LogP contribution < -0.4 is 5.32 Å². The Hall–Kier alpha value is -3.70. The average Bonchev–Trinajstić information content (AvgIpc) is 3.52. The minimum atomic E-state index is -1.66. The molecule has 0 radical (unpaired) electrons. The van der Waals surface area contributed by atoms with Crippen LogP contribution in [0, 0.1) is 5.82 Å². The summed E-state index contributed by atoms with van der Waals surface area (Å²) in [7, 11) is 3.45. The number of likely N-dealkylation sites (N-methyl/N-ethyl adjacent to an activating group) is 1. The lowest BCUT2D eigenvalue weighted by atomic mass is 9.90. The van der Waals surface area contributed by atoms with Crippen molar-refractivity contribution in [1.82, 2.24) is 29.6 Å². The normalized spacial score (nSPS) is 18.2. The number of hydrogen-bond donors (Lipinski definition) is 2. The Balaban J connectivity index is 1.45. The molecule has 1 aliphatic heterocycles. The maximum atomic E-state index is 14.7. The number of nitrogens with one attached hydrogen (secondary N) is 1. The molecule has 1 saturated heterocycles. The molecule has 0 aliphatic carbocycles. The highest BCUT2D eigenvalue weighted by Crippen LogP contribution is 2.36. The number of aliphatic hydroxyl groups is 1. The van der Waals surface area contributed by atoms with E-state index in [2.05, 4.69) is 25.4 Å². The molecule has 5 rings (SSSR count). The molecule has 1 atom stereocenters. The van der Waals surface area contributed by atoms with Crippen molar-refractivity contribution in [2.24, 2.45) is 7.05 Å². The standard InChI is InChI=1S/C22H20FN7O2S/c1-29-10-7-22(32,20(29)31)13-3-4-15(23)14(11-13)17-12-33-19(25-17)16-5-8-24-21(26-16)27-18-6-9-30(2)28-18/h3-6,8-9,11-12,32H,7,10H2,1-2H3,(H,24,26,27,28). The third-order valence-corrected chi connectivity index (χ3v) is 6.43. The first-order valence-electron chi connectivity index (χ1n) is 10.2. The van der Waals surface area contributed by atoms with Crippen LogP contribution in [0.25, 0.3) is 22.0 Å². The Morgan fingerprint density at radius 1 is 1.18 bits per heavy atom. The van der Waals surface area contributed by atoms with Gasteiger partial charge in [0.05, 0.1) is 5.69 Å². The van der Waals surface area contributed by atoms with Gasteiger partial charge in [0.2, 0.25) is 5.95 Å². The second-order valence-electron chi connectivity index (χ2n) is 7.83. The molecule has 3 aromatic heterocycles. The Morgan fingerprint density at radius 3 is 2.76 bits per heavy atom. The van der Waals surface area contributed by atoms with Crippen LogP contribution in [0.3, 0.4) is 0 Å². The molecule has 1 amide bonds. The first-order valence-corrected chi connectivity index (χ1v) is 11.1. The molecule has 11 heteroatoms. The number of hydrogen-bond acceptors (Lipinski definition) is 8. The summed E-state index contributed by atoms with van der Waals surface area (Å²) in [6, 6.07) is 7.72. The molecule has 33 heavy (non-hydrogen) atoms. The van der Waals surface area contributed by atoms with Crippen LogP contribution >= 0.6 is 11.3 Å². The van der Waals surface area contributed by atoms with Gasteiger partial charge in [-0.3, -0.25) is 9.48 Å². The highest BCUT2D eigenvalue weighted by atomic mass is 32.1. The number of rotatable bonds is 5. The van der Waals surface area contributed by atoms with Gasteiger partial charge in [0.25, 0.3) is 5.91 Å². The van der Waals surface area contributed by atoms with E-state index in [0.717, 1.165) is 0 Å². The van der Waals surface area contributed by atoms with Gasteiger partial charge in [0.1, 0.15) is 16.5 Å². The van der Waals surface area contributed by atoms with Crippen molar-refractivity contribution in [2.75, 3.05) is 18.9 Å². The number of carbonyl (C=O) groups excluding carboxylic acids is 1. The highest BCUT2D eigenvalue weighted by Gasteiger charge is 2.45. The van der Waals surface area contributed by atoms with Crippen molar-refractivity contribution in [1.29, 1.82) is 0 Å². The van der Waals surface area contributed by atoms with Crippen LogP contribution in [0.5, 0.6) is 0 Å². The van der Waals surface area contributed by atoms with Crippen molar-refractivity contribution in [3.63, 3.8) is 0 Å². The summed E-state index contributed by atoms with van der Waals surface area (Å²) >= 11 is 1.31. The molecule has 0 spiro atoms. The molecule has 4 heterocycles. The van der Waals surface area contributed by atoms with Crippen LogP contribution in [-0.2, 0) is 17.4 Å². The van der Waals surface area contributed by atoms with Crippen LogP contribution in [0.1, 0.15) is 12.0 Å². The fourth-order valence-electron chi connectivity index (χ4n) is 3.75. The van der Waals surface area contributed by atoms with E-state index in [-0.39, 0.29) is 12.0 Å². The molecule has 0 saturated carbocycles. The predicted octanol–water partition coefficient (Wildman–Crippen LogP) is 2.93. The zero-order valence-corrected chi connectivity index (χ0v) is 18.7. The molecule has 1 aliphatic rings. The smallest absolute Gasteiger partial charge is 0.258 e. The predicted molar refractivity (Wildman–Crippen MR) is 121 cm³/mol. The van der Waals surface area contributed by atoms with Crippen LogP contribution in [-0.4, -0.2) is 54.2 Å². The molecule has 4 aromatic rings. The lowest BCUT2D eigenvalue weighted by molar-refractivity contribution is -0.143. The first kappa shape index (κ1) is 21.2. The molecule has 2 N–H and O–H groups in total. The molecular formula is C22H20FN7O2S. The largest absolute Gasteiger partial charge is 0.375 e. The molecule has 0 bridgehead atoms. The molecule has 168 valence electrons. The van der Waals surface area contributed by atoms with Gasteiger partial charge in [0.15, 0.2) is 11.4 Å². The maximum absolute atomic E-state index is 14.7. The van der Waals surface area contributed by atoms with Crippen LogP contribution in [0.2, 0.25) is 0 Å². The van der Waals surface area contributed by atoms with Gasteiger partial charge in [-0.25, -0.2) is 19.3 Å². The van der Waals surface area contributed by atoms with Gasteiger partial charge in [-0.05, 0) is 23.8 Å². The Kier molecular flexibility index (Phi) is 5.14. The second-order valence-corrected chi connectivity index (χ2v) is 8.69. The zero-order chi connectivity index (χ0) is 23.2. The summed E-state index contributed by atoms with van der Waals surface area (Å²) in [5.74, 6) is 0.0896. The van der Waals surface area contributed by atoms with Gasteiger partial charge in [0, 0.05) is 56.5 Å². The van der Waals surface area contributed by atoms with E-state index in [4.69, 9.17) is 0 Å². The zero-order valence-electron chi connectivity index (χ0n) is 17.9. The monoisotopic (exact) mass is 465 g/mol. The number of halogens is 1. The lowest BCUT2D eigenvalue weighted by Crippen LogP contribution is -2.36. The Bertz CT molecular complexity index is 1350. The summed E-state index contributed by atoms with van der Waals surface area (Å²) in [5, 5.41) is 20.5. The van der Waals surface area contributed by atoms with E-state index in [9.17, 15) is 14.3 Å². The number of amides is 1. The van der Waals surface area contributed by atoms with Gasteiger partial charge in [-0.1, -0.05) is 6.07 Å². The van der Waals surface area contributed by atoms with Crippen LogP contribution in [0.4, 0.5) is 16.2 Å². The molecule has 1 fully saturated rings. The average molecular weight is 466 g/mol. The summed E-state index contributed by atoms with van der Waals surface area (Å²) in [5.41, 5.74) is -0.121. The van der Waals surface area contributed by atoms with Crippen molar-refractivity contribution in [3.8, 4) is 22.0 Å². The van der Waals surface area contributed by atoms with Crippen LogP contribution in [0.15, 0.2) is 48.1 Å². The Morgan fingerprint density at radius 2 is 2.03 bits per heavy atom. The van der Waals surface area contributed by atoms with E-state index < -0.39 is 17.3 Å². The number of benzene rings is 1. The first-order chi connectivity index (χ1) is 15.8. The van der Waals surface area contributed by atoms with Gasteiger partial charge in [-0.15, -0.1) is 11.3 Å². The summed E-state index contributed by atoms with van der Waals surface area (Å²) < 4.78 is 16.4. The number of anilines is 2. The minimum absolute atomic E-state index is 0.215. The number of carbonyl (C=O) groups is 1. The molecule has 9 nitrogen and oxygen atoms in total. The van der Waals surface area contributed by atoms with Crippen molar-refractivity contribution in [3.05, 3.63) is 59.5 Å². The van der Waals surface area contributed by atoms with Crippen molar-refractivity contribution < 1.29 is 14.3 Å². The number of nitrogens with zero attached hydrogens (tertiary/aromatic N) is 6. The van der Waals surface area contributed by atoms with Gasteiger partial charge >= 0.3 is 0 Å². The van der Waals surface area contributed by atoms with E-state index in [0.29, 0.717) is 40.3 Å². The number of aromatic nitrogens is 5. The number of aryl methyl sites for hydroxylation is 1. The maximum Gasteiger partial charge on any atom is 0.258 e. The molecule has 1 unspecified atom stereocenters. The Labute approximate surface area is 192 Å². The van der Waals surface area contributed by atoms with Crippen molar-refractivity contribution >= 4 is 29.0 Å².